The van der Waals surface area contributed by atoms with E-state index in [0.29, 0.717) is 18.0 Å². The van der Waals surface area contributed by atoms with Crippen molar-refractivity contribution in [3.05, 3.63) is 24.0 Å². The number of piperidine rings is 1. The van der Waals surface area contributed by atoms with Crippen LogP contribution in [0.25, 0.3) is 0 Å². The second-order valence-corrected chi connectivity index (χ2v) is 5.22. The normalized spacial score (nSPS) is 18.3. The lowest BCUT2D eigenvalue weighted by Crippen LogP contribution is -2.35. The Bertz CT molecular complexity index is 423. The molecule has 2 heterocycles. The van der Waals surface area contributed by atoms with Gasteiger partial charge in [0, 0.05) is 19.5 Å². The first-order valence-corrected chi connectivity index (χ1v) is 6.73. The number of aromatic nitrogens is 1. The van der Waals surface area contributed by atoms with Crippen LogP contribution >= 0.6 is 0 Å². The third kappa shape index (κ3) is 3.67. The minimum absolute atomic E-state index is 0.207. The number of aliphatic hydroxyl groups is 1. The zero-order chi connectivity index (χ0) is 13.8. The van der Waals surface area contributed by atoms with Gasteiger partial charge in [-0.25, -0.2) is 0 Å². The summed E-state index contributed by atoms with van der Waals surface area (Å²) < 4.78 is 0. The molecule has 0 radical (unpaired) electrons. The number of carbonyl (C=O) groups is 1. The Balaban J connectivity index is 1.92. The molecule has 5 heteroatoms. The van der Waals surface area contributed by atoms with E-state index < -0.39 is 6.10 Å². The van der Waals surface area contributed by atoms with E-state index in [2.05, 4.69) is 9.88 Å². The number of hydrogen-bond acceptors (Lipinski definition) is 4. The molecular formula is C14H21N3O2. The first-order valence-electron chi connectivity index (χ1n) is 6.73. The zero-order valence-electron chi connectivity index (χ0n) is 11.2. The van der Waals surface area contributed by atoms with Crippen LogP contribution in [0.15, 0.2) is 18.3 Å². The number of amides is 1. The van der Waals surface area contributed by atoms with Crippen LogP contribution in [-0.4, -0.2) is 29.1 Å². The van der Waals surface area contributed by atoms with E-state index in [1.54, 1.807) is 13.1 Å². The monoisotopic (exact) mass is 263 g/mol. The molecule has 0 saturated carbocycles. The molecular weight excluding hydrogens is 242 g/mol. The van der Waals surface area contributed by atoms with Crippen LogP contribution in [0.1, 0.15) is 38.0 Å². The van der Waals surface area contributed by atoms with Crippen molar-refractivity contribution in [2.45, 2.75) is 32.3 Å². The molecule has 0 aliphatic carbocycles. The topological polar surface area (TPSA) is 79.5 Å². The van der Waals surface area contributed by atoms with Gasteiger partial charge in [-0.15, -0.1) is 0 Å². The van der Waals surface area contributed by atoms with Gasteiger partial charge in [0.05, 0.1) is 23.7 Å². The molecule has 1 amide bonds. The fraction of sp³-hybridized carbons (Fsp3) is 0.571. The Morgan fingerprint density at radius 3 is 2.68 bits per heavy atom. The third-order valence-electron chi connectivity index (χ3n) is 3.67. The second kappa shape index (κ2) is 6.02. The van der Waals surface area contributed by atoms with Crippen LogP contribution < -0.4 is 10.6 Å². The molecule has 104 valence electrons. The van der Waals surface area contributed by atoms with Gasteiger partial charge in [0.15, 0.2) is 0 Å². The molecule has 1 saturated heterocycles. The molecule has 0 aromatic carbocycles. The molecule has 1 fully saturated rings. The minimum atomic E-state index is -0.532. The lowest BCUT2D eigenvalue weighted by molar-refractivity contribution is -0.119. The Morgan fingerprint density at radius 1 is 1.53 bits per heavy atom. The lowest BCUT2D eigenvalue weighted by Gasteiger charge is -2.33. The van der Waals surface area contributed by atoms with Crippen molar-refractivity contribution in [2.24, 2.45) is 11.7 Å². The van der Waals surface area contributed by atoms with E-state index >= 15 is 0 Å². The van der Waals surface area contributed by atoms with Crippen LogP contribution in [0.2, 0.25) is 0 Å². The molecule has 1 aliphatic rings. The maximum absolute atomic E-state index is 10.9. The molecule has 0 spiro atoms. The molecule has 2 rings (SSSR count). The van der Waals surface area contributed by atoms with Crippen LogP contribution in [0, 0.1) is 5.92 Å². The van der Waals surface area contributed by atoms with Gasteiger partial charge >= 0.3 is 0 Å². The molecule has 0 bridgehead atoms. The number of pyridine rings is 1. The van der Waals surface area contributed by atoms with Gasteiger partial charge in [0.1, 0.15) is 0 Å². The molecule has 1 aliphatic heterocycles. The molecule has 3 N–H and O–H groups in total. The van der Waals surface area contributed by atoms with Crippen molar-refractivity contribution >= 4 is 11.6 Å². The van der Waals surface area contributed by atoms with Gasteiger partial charge in [-0.05, 0) is 37.8 Å². The number of carbonyl (C=O) groups excluding carboxylic acids is 1. The second-order valence-electron chi connectivity index (χ2n) is 5.22. The number of aliphatic hydroxyl groups excluding tert-OH is 1. The Hall–Kier alpha value is -1.62. The maximum atomic E-state index is 10.9. The summed E-state index contributed by atoms with van der Waals surface area (Å²) in [6.07, 6.45) is 3.74. The number of nitrogens with two attached hydrogens (primary N) is 1. The maximum Gasteiger partial charge on any atom is 0.217 e. The lowest BCUT2D eigenvalue weighted by atomic mass is 9.93. The summed E-state index contributed by atoms with van der Waals surface area (Å²) in [7, 11) is 0. The summed E-state index contributed by atoms with van der Waals surface area (Å²) in [6, 6.07) is 3.85. The van der Waals surface area contributed by atoms with Crippen LogP contribution in [-0.2, 0) is 4.79 Å². The van der Waals surface area contributed by atoms with Crippen molar-refractivity contribution < 1.29 is 9.90 Å². The number of hydrogen-bond donors (Lipinski definition) is 2. The highest BCUT2D eigenvalue weighted by Crippen LogP contribution is 2.25. The highest BCUT2D eigenvalue weighted by Gasteiger charge is 2.21. The quantitative estimate of drug-likeness (QED) is 0.856. The Kier molecular flexibility index (Phi) is 4.37. The molecule has 0 unspecified atom stereocenters. The zero-order valence-corrected chi connectivity index (χ0v) is 11.2. The molecule has 1 aromatic rings. The summed E-state index contributed by atoms with van der Waals surface area (Å²) >= 11 is 0. The van der Waals surface area contributed by atoms with Gasteiger partial charge < -0.3 is 15.7 Å². The predicted octanol–water partition coefficient (Wildman–Crippen LogP) is 1.23. The molecule has 5 nitrogen and oxygen atoms in total. The minimum Gasteiger partial charge on any atom is -0.387 e. The fourth-order valence-corrected chi connectivity index (χ4v) is 2.51. The van der Waals surface area contributed by atoms with E-state index in [-0.39, 0.29) is 5.91 Å². The van der Waals surface area contributed by atoms with E-state index in [0.717, 1.165) is 31.6 Å². The average molecular weight is 263 g/mol. The van der Waals surface area contributed by atoms with Gasteiger partial charge in [0.2, 0.25) is 5.91 Å². The summed E-state index contributed by atoms with van der Waals surface area (Å²) in [5.74, 6) is 0.208. The van der Waals surface area contributed by atoms with Crippen LogP contribution in [0.4, 0.5) is 5.69 Å². The third-order valence-corrected chi connectivity index (χ3v) is 3.67. The van der Waals surface area contributed by atoms with Crippen LogP contribution in [0.5, 0.6) is 0 Å². The average Bonchev–Trinajstić information content (AvgIpc) is 2.39. The molecule has 1 atom stereocenters. The van der Waals surface area contributed by atoms with Gasteiger partial charge in [-0.1, -0.05) is 0 Å². The van der Waals surface area contributed by atoms with E-state index in [1.807, 2.05) is 12.1 Å². The van der Waals surface area contributed by atoms with E-state index in [4.69, 9.17) is 5.73 Å². The summed E-state index contributed by atoms with van der Waals surface area (Å²) in [6.45, 7) is 3.55. The first-order chi connectivity index (χ1) is 9.06. The largest absolute Gasteiger partial charge is 0.387 e. The molecule has 1 aromatic heterocycles. The van der Waals surface area contributed by atoms with Crippen molar-refractivity contribution in [2.75, 3.05) is 18.0 Å². The highest BCUT2D eigenvalue weighted by atomic mass is 16.3. The summed E-state index contributed by atoms with van der Waals surface area (Å²) in [4.78, 5) is 17.4. The summed E-state index contributed by atoms with van der Waals surface area (Å²) in [5, 5.41) is 9.42. The first kappa shape index (κ1) is 13.8. The van der Waals surface area contributed by atoms with Crippen molar-refractivity contribution in [3.8, 4) is 0 Å². The smallest absolute Gasteiger partial charge is 0.217 e. The number of anilines is 1. The standard InChI is InChI=1S/C14H21N3O2/c1-10(18)13-3-2-12(9-16-13)17-6-4-11(5-7-17)8-14(15)19/h2-3,9-11,18H,4-8H2,1H3,(H2,15,19)/t10-/m0/s1. The predicted molar refractivity (Wildman–Crippen MR) is 73.6 cm³/mol. The fourth-order valence-electron chi connectivity index (χ4n) is 2.51. The Labute approximate surface area is 113 Å². The van der Waals surface area contributed by atoms with Gasteiger partial charge in [-0.2, -0.15) is 0 Å². The molecule has 19 heavy (non-hydrogen) atoms. The number of nitrogens with zero attached hydrogens (tertiary/aromatic N) is 2. The van der Waals surface area contributed by atoms with Crippen molar-refractivity contribution in [1.82, 2.24) is 4.98 Å². The number of rotatable bonds is 4. The highest BCUT2D eigenvalue weighted by molar-refractivity contribution is 5.74. The number of primary amides is 1. The van der Waals surface area contributed by atoms with Crippen molar-refractivity contribution in [1.29, 1.82) is 0 Å². The Morgan fingerprint density at radius 2 is 2.21 bits per heavy atom. The van der Waals surface area contributed by atoms with Gasteiger partial charge in [-0.3, -0.25) is 9.78 Å². The van der Waals surface area contributed by atoms with Gasteiger partial charge in [0.25, 0.3) is 0 Å². The summed E-state index contributed by atoms with van der Waals surface area (Å²) in [5.41, 5.74) is 6.99. The van der Waals surface area contributed by atoms with Crippen molar-refractivity contribution in [3.63, 3.8) is 0 Å². The SMILES string of the molecule is C[C@H](O)c1ccc(N2CCC(CC(N)=O)CC2)cn1. The van der Waals surface area contributed by atoms with E-state index in [1.165, 1.54) is 0 Å². The van der Waals surface area contributed by atoms with E-state index in [9.17, 15) is 9.90 Å². The van der Waals surface area contributed by atoms with Crippen LogP contribution in [0.3, 0.4) is 0 Å².